The van der Waals surface area contributed by atoms with Crippen LogP contribution in [0.2, 0.25) is 0 Å². The van der Waals surface area contributed by atoms with E-state index in [-0.39, 0.29) is 5.48 Å². The fourth-order valence-electron chi connectivity index (χ4n) is 5.16. The van der Waals surface area contributed by atoms with Crippen molar-refractivity contribution in [2.24, 2.45) is 0 Å². The largest absolute Gasteiger partial charge is 0.870 e. The Kier molecular flexibility index (Phi) is 15.8. The summed E-state index contributed by atoms with van der Waals surface area (Å²) in [6, 6.07) is 20.5. The molecule has 0 heterocycles. The molecule has 0 bridgehead atoms. The molecule has 186 valence electrons. The number of quaternary nitrogens is 1. The van der Waals surface area contributed by atoms with Gasteiger partial charge in [-0.1, -0.05) is 108 Å². The van der Waals surface area contributed by atoms with Crippen molar-refractivity contribution in [1.82, 2.24) is 4.48 Å². The van der Waals surface area contributed by atoms with Gasteiger partial charge in [-0.3, -0.25) is 4.48 Å². The highest BCUT2D eigenvalue weighted by atomic mass is 16.0. The average Bonchev–Trinajstić information content (AvgIpc) is 2.83. The van der Waals surface area contributed by atoms with Crippen LogP contribution in [0.1, 0.15) is 109 Å². The number of nitrogens with zero attached hydrogens (tertiary/aromatic N) is 1. The molecule has 2 nitrogen and oxygen atoms in total. The van der Waals surface area contributed by atoms with Crippen LogP contribution in [0.15, 0.2) is 54.6 Å². The number of hydrogen-bond donors (Lipinski definition) is 0. The highest BCUT2D eigenvalue weighted by molar-refractivity contribution is 5.52. The summed E-state index contributed by atoms with van der Waals surface area (Å²) in [5.74, 6) is 0. The normalized spacial score (nSPS) is 11.4. The van der Waals surface area contributed by atoms with Crippen molar-refractivity contribution in [3.63, 3.8) is 0 Å². The van der Waals surface area contributed by atoms with E-state index in [4.69, 9.17) is 0 Å². The molecule has 0 unspecified atom stereocenters. The third-order valence-corrected chi connectivity index (χ3v) is 7.06. The minimum atomic E-state index is 0. The predicted octanol–water partition coefficient (Wildman–Crippen LogP) is 9.15. The van der Waals surface area contributed by atoms with Crippen molar-refractivity contribution >= 4 is 5.69 Å². The molecule has 2 aromatic carbocycles. The van der Waals surface area contributed by atoms with Crippen molar-refractivity contribution in [2.45, 2.75) is 104 Å². The van der Waals surface area contributed by atoms with E-state index in [1.165, 1.54) is 107 Å². The van der Waals surface area contributed by atoms with Crippen molar-refractivity contribution in [3.8, 4) is 0 Å². The highest BCUT2D eigenvalue weighted by Crippen LogP contribution is 2.32. The van der Waals surface area contributed by atoms with Crippen LogP contribution >= 0.6 is 0 Å². The van der Waals surface area contributed by atoms with Gasteiger partial charge in [0.2, 0.25) is 0 Å². The second-order valence-corrected chi connectivity index (χ2v) is 9.79. The van der Waals surface area contributed by atoms with E-state index in [0.29, 0.717) is 0 Å². The Balaban J connectivity index is 0.00000544. The number of unbranched alkanes of at least 4 members (excludes halogenated alkanes) is 9. The zero-order chi connectivity index (χ0) is 22.9. The summed E-state index contributed by atoms with van der Waals surface area (Å²) < 4.78 is 1.21. The molecule has 0 radical (unpaired) electrons. The zero-order valence-corrected chi connectivity index (χ0v) is 21.9. The van der Waals surface area contributed by atoms with Crippen molar-refractivity contribution in [2.75, 3.05) is 19.6 Å². The first-order valence-corrected chi connectivity index (χ1v) is 13.7. The Labute approximate surface area is 205 Å². The number of benzene rings is 2. The van der Waals surface area contributed by atoms with E-state index < -0.39 is 0 Å². The molecule has 0 saturated heterocycles. The van der Waals surface area contributed by atoms with Gasteiger partial charge < -0.3 is 5.48 Å². The number of para-hydroxylation sites is 1. The van der Waals surface area contributed by atoms with Gasteiger partial charge in [0.15, 0.2) is 0 Å². The molecule has 0 aliphatic heterocycles. The molecule has 33 heavy (non-hydrogen) atoms. The van der Waals surface area contributed by atoms with Crippen molar-refractivity contribution in [1.29, 1.82) is 0 Å². The van der Waals surface area contributed by atoms with Gasteiger partial charge >= 0.3 is 0 Å². The molecule has 2 heteroatoms. The molecule has 0 saturated carbocycles. The predicted molar refractivity (Wildman–Crippen MR) is 146 cm³/mol. The van der Waals surface area contributed by atoms with E-state index in [9.17, 15) is 0 Å². The van der Waals surface area contributed by atoms with E-state index in [1.807, 2.05) is 0 Å². The van der Waals surface area contributed by atoms with Crippen molar-refractivity contribution < 1.29 is 5.48 Å². The first kappa shape index (κ1) is 29.4. The Bertz CT molecular complexity index is 681. The summed E-state index contributed by atoms with van der Waals surface area (Å²) in [6.45, 7) is 10.9. The van der Waals surface area contributed by atoms with Crippen LogP contribution in [0.25, 0.3) is 0 Å². The quantitative estimate of drug-likeness (QED) is 0.163. The molecular weight excluding hydrogens is 402 g/mol. The fourth-order valence-corrected chi connectivity index (χ4v) is 5.16. The fraction of sp³-hybridized carbons (Fsp3) is 0.613. The van der Waals surface area contributed by atoms with E-state index in [2.05, 4.69) is 75.4 Å². The van der Waals surface area contributed by atoms with Crippen LogP contribution < -0.4 is 4.48 Å². The summed E-state index contributed by atoms with van der Waals surface area (Å²) in [4.78, 5) is 0. The van der Waals surface area contributed by atoms with Gasteiger partial charge in [0.05, 0.1) is 19.6 Å². The minimum Gasteiger partial charge on any atom is -0.870 e. The van der Waals surface area contributed by atoms with Crippen LogP contribution in [0.4, 0.5) is 5.69 Å². The lowest BCUT2D eigenvalue weighted by molar-refractivity contribution is 0.252. The van der Waals surface area contributed by atoms with Crippen LogP contribution in [0.3, 0.4) is 0 Å². The van der Waals surface area contributed by atoms with Crippen molar-refractivity contribution in [3.05, 3.63) is 65.7 Å². The van der Waals surface area contributed by atoms with Crippen LogP contribution in [-0.2, 0) is 6.42 Å². The topological polar surface area (TPSA) is 30.0 Å². The molecule has 2 rings (SSSR count). The monoisotopic (exact) mass is 453 g/mol. The lowest BCUT2D eigenvalue weighted by atomic mass is 9.99. The molecule has 0 aliphatic rings. The summed E-state index contributed by atoms with van der Waals surface area (Å²) in [7, 11) is 0. The van der Waals surface area contributed by atoms with Crippen LogP contribution in [0.5, 0.6) is 0 Å². The Morgan fingerprint density at radius 2 is 0.970 bits per heavy atom. The van der Waals surface area contributed by atoms with Gasteiger partial charge in [-0.05, 0) is 50.2 Å². The Morgan fingerprint density at radius 3 is 1.45 bits per heavy atom. The van der Waals surface area contributed by atoms with E-state index in [1.54, 1.807) is 11.3 Å². The summed E-state index contributed by atoms with van der Waals surface area (Å²) in [5.41, 5.74) is 4.59. The standard InChI is InChI=1S/C31H50N.H2O/c1-4-7-10-18-25-32(26-19-11-8-5-2,27-20-12-9-6-3)31-24-17-16-23-30(31)28-29-21-14-13-15-22-29;/h13-17,21-24H,4-12,18-20,25-28H2,1-3H3;1H2/q+1;/p-1. The van der Waals surface area contributed by atoms with Gasteiger partial charge in [0, 0.05) is 12.0 Å². The number of rotatable bonds is 18. The van der Waals surface area contributed by atoms with Gasteiger partial charge in [0.1, 0.15) is 5.69 Å². The number of hydrogen-bond acceptors (Lipinski definition) is 1. The lowest BCUT2D eigenvalue weighted by Crippen LogP contribution is -2.52. The Hall–Kier alpha value is -1.64. The molecule has 2 aromatic rings. The lowest BCUT2D eigenvalue weighted by Gasteiger charge is -2.40. The molecule has 0 aromatic heterocycles. The maximum Gasteiger partial charge on any atom is 0.136 e. The van der Waals surface area contributed by atoms with Gasteiger partial charge in [-0.2, -0.15) is 0 Å². The van der Waals surface area contributed by atoms with Crippen LogP contribution in [0, 0.1) is 0 Å². The minimum absolute atomic E-state index is 0. The van der Waals surface area contributed by atoms with E-state index >= 15 is 0 Å². The maximum atomic E-state index is 2.47. The first-order chi connectivity index (χ1) is 15.8. The van der Waals surface area contributed by atoms with Gasteiger partial charge in [0.25, 0.3) is 0 Å². The Morgan fingerprint density at radius 1 is 0.515 bits per heavy atom. The molecule has 0 spiro atoms. The maximum absolute atomic E-state index is 2.47. The molecular formula is C31H51NO. The summed E-state index contributed by atoms with van der Waals surface area (Å²) in [6.07, 6.45) is 17.3. The average molecular weight is 454 g/mol. The molecule has 0 amide bonds. The second-order valence-electron chi connectivity index (χ2n) is 9.79. The molecule has 1 N–H and O–H groups in total. The third-order valence-electron chi connectivity index (χ3n) is 7.06. The molecule has 0 fully saturated rings. The van der Waals surface area contributed by atoms with Crippen LogP contribution in [-0.4, -0.2) is 25.1 Å². The molecule has 0 atom stereocenters. The van der Waals surface area contributed by atoms with Gasteiger partial charge in [-0.25, -0.2) is 0 Å². The summed E-state index contributed by atoms with van der Waals surface area (Å²) >= 11 is 0. The van der Waals surface area contributed by atoms with E-state index in [0.717, 1.165) is 6.42 Å². The zero-order valence-electron chi connectivity index (χ0n) is 21.9. The van der Waals surface area contributed by atoms with Gasteiger partial charge in [-0.15, -0.1) is 0 Å². The summed E-state index contributed by atoms with van der Waals surface area (Å²) in [5, 5.41) is 0. The second kappa shape index (κ2) is 17.8. The smallest absolute Gasteiger partial charge is 0.136 e. The first-order valence-electron chi connectivity index (χ1n) is 13.7. The SMILES string of the molecule is CCCCCC[N+](CCCCCC)(CCCCCC)c1ccccc1Cc1ccccc1.[OH-]. The third kappa shape index (κ3) is 10.4. The highest BCUT2D eigenvalue weighted by Gasteiger charge is 2.31. The molecule has 0 aliphatic carbocycles.